The molecule has 1 amide bonds. The molecule has 2 aliphatic rings. The van der Waals surface area contributed by atoms with Gasteiger partial charge in [0.25, 0.3) is 5.91 Å². The molecule has 11 heteroatoms. The molecule has 1 saturated heterocycles. The molecule has 4 aromatic rings. The number of hydrogen-bond acceptors (Lipinski definition) is 9. The second-order valence-corrected chi connectivity index (χ2v) is 10.4. The summed E-state index contributed by atoms with van der Waals surface area (Å²) < 4.78 is 26.1. The maximum absolute atomic E-state index is 14.1. The van der Waals surface area contributed by atoms with Gasteiger partial charge in [0.2, 0.25) is 17.8 Å². The third-order valence-electron chi connectivity index (χ3n) is 6.07. The normalized spacial score (nSPS) is 18.8. The molecule has 3 aromatic heterocycles. The summed E-state index contributed by atoms with van der Waals surface area (Å²) in [6.45, 7) is 6.23. The summed E-state index contributed by atoms with van der Waals surface area (Å²) >= 11 is 1.46. The molecule has 0 saturated carbocycles. The van der Waals surface area contributed by atoms with Crippen LogP contribution in [0, 0.1) is 11.4 Å². The molecule has 3 N–H and O–H groups in total. The Kier molecular flexibility index (Phi) is 5.19. The van der Waals surface area contributed by atoms with Gasteiger partial charge in [0.15, 0.2) is 0 Å². The number of carbonyl (C=O) groups is 1. The summed E-state index contributed by atoms with van der Waals surface area (Å²) in [6.07, 6.45) is 0. The number of rotatable bonds is 5. The zero-order valence-electron chi connectivity index (χ0n) is 19.1. The van der Waals surface area contributed by atoms with Crippen LogP contribution < -0.4 is 20.7 Å². The number of benzene rings is 1. The number of halogens is 1. The number of fused-ring (bicyclic) bond motifs is 5. The zero-order valence-corrected chi connectivity index (χ0v) is 20.0. The maximum Gasteiger partial charge on any atom is 0.263 e. The Morgan fingerprint density at radius 3 is 2.91 bits per heavy atom. The highest BCUT2D eigenvalue weighted by molar-refractivity contribution is 7.21. The van der Waals surface area contributed by atoms with Crippen molar-refractivity contribution in [1.29, 1.82) is 0 Å². The highest BCUT2D eigenvalue weighted by Crippen LogP contribution is 2.41. The van der Waals surface area contributed by atoms with Crippen LogP contribution in [0.1, 0.15) is 23.5 Å². The molecule has 0 radical (unpaired) electrons. The van der Waals surface area contributed by atoms with E-state index in [4.69, 9.17) is 9.47 Å². The highest BCUT2D eigenvalue weighted by Gasteiger charge is 2.34. The number of aromatic nitrogens is 3. The Labute approximate surface area is 204 Å². The molecular weight excluding hydrogens is 471 g/mol. The number of ether oxygens (including phenoxy) is 2. The van der Waals surface area contributed by atoms with Gasteiger partial charge in [0, 0.05) is 33.5 Å². The van der Waals surface area contributed by atoms with Crippen LogP contribution in [0.2, 0.25) is 0 Å². The Balaban J connectivity index is 1.30. The van der Waals surface area contributed by atoms with Crippen molar-refractivity contribution < 1.29 is 18.7 Å². The fourth-order valence-corrected chi connectivity index (χ4v) is 5.32. The van der Waals surface area contributed by atoms with E-state index in [0.29, 0.717) is 37.1 Å². The molecule has 1 aromatic carbocycles. The van der Waals surface area contributed by atoms with Crippen LogP contribution in [0.4, 0.5) is 21.8 Å². The predicted molar refractivity (Wildman–Crippen MR) is 132 cm³/mol. The van der Waals surface area contributed by atoms with Gasteiger partial charge in [0.1, 0.15) is 10.7 Å². The van der Waals surface area contributed by atoms with Gasteiger partial charge in [-0.15, -0.1) is 11.3 Å². The summed E-state index contributed by atoms with van der Waals surface area (Å²) in [5, 5.41) is 11.3. The fraction of sp³-hybridized carbons (Fsp3) is 0.333. The first-order chi connectivity index (χ1) is 16.9. The van der Waals surface area contributed by atoms with Gasteiger partial charge in [0.05, 0.1) is 37.1 Å². The number of nitrogens with one attached hydrogen (secondary N) is 3. The predicted octanol–water partition coefficient (Wildman–Crippen LogP) is 4.08. The lowest BCUT2D eigenvalue weighted by Gasteiger charge is -2.37. The molecule has 0 unspecified atom stereocenters. The first-order valence-corrected chi connectivity index (χ1v) is 12.1. The molecule has 35 heavy (non-hydrogen) atoms. The van der Waals surface area contributed by atoms with Gasteiger partial charge in [-0.25, -0.2) is 4.98 Å². The Morgan fingerprint density at radius 2 is 2.11 bits per heavy atom. The van der Waals surface area contributed by atoms with Crippen molar-refractivity contribution in [2.24, 2.45) is 5.41 Å². The van der Waals surface area contributed by atoms with Crippen LogP contribution in [0.5, 0.6) is 5.88 Å². The van der Waals surface area contributed by atoms with Crippen molar-refractivity contribution in [3.8, 4) is 5.88 Å². The van der Waals surface area contributed by atoms with Crippen molar-refractivity contribution in [3.05, 3.63) is 41.2 Å². The standard InChI is InChI=1S/C24H23FN6O3S/c1-12-8-26-20-19-13-3-6-17(28-14(13)4-5-15(19)35-21(20)22(32)27-12)30-23-29-16(25)7-18(31-23)34-11-24(2)9-33-10-24/h3-7,12,26H,8-11H2,1-2H3,(H,27,32)(H,28,29,30,31)/t12-/m0/s1. The lowest BCUT2D eigenvalue weighted by molar-refractivity contribution is -0.120. The smallest absolute Gasteiger partial charge is 0.263 e. The summed E-state index contributed by atoms with van der Waals surface area (Å²) in [6, 6.07) is 8.77. The monoisotopic (exact) mass is 494 g/mol. The second-order valence-electron chi connectivity index (χ2n) is 9.33. The van der Waals surface area contributed by atoms with Crippen molar-refractivity contribution in [3.63, 3.8) is 0 Å². The summed E-state index contributed by atoms with van der Waals surface area (Å²) in [5.74, 6) is -0.101. The molecule has 1 atom stereocenters. The SMILES string of the molecule is C[C@H]1CNc2c(sc3ccc4nc(Nc5nc(F)cc(OCC6(C)COC6)n5)ccc4c23)C(=O)N1. The van der Waals surface area contributed by atoms with E-state index in [0.717, 1.165) is 32.7 Å². The molecule has 2 aliphatic heterocycles. The van der Waals surface area contributed by atoms with Crippen LogP contribution in [-0.4, -0.2) is 53.3 Å². The van der Waals surface area contributed by atoms with Crippen molar-refractivity contribution in [2.75, 3.05) is 37.0 Å². The number of thiophene rings is 1. The van der Waals surface area contributed by atoms with E-state index in [1.54, 1.807) is 6.07 Å². The quantitative estimate of drug-likeness (QED) is 0.356. The van der Waals surface area contributed by atoms with Gasteiger partial charge in [-0.1, -0.05) is 6.92 Å². The van der Waals surface area contributed by atoms with E-state index < -0.39 is 5.95 Å². The van der Waals surface area contributed by atoms with E-state index >= 15 is 0 Å². The van der Waals surface area contributed by atoms with E-state index in [-0.39, 0.29) is 29.2 Å². The minimum absolute atomic E-state index is 0.0334. The minimum Gasteiger partial charge on any atom is -0.477 e. The molecule has 0 bridgehead atoms. The van der Waals surface area contributed by atoms with Crippen molar-refractivity contribution in [2.45, 2.75) is 19.9 Å². The lowest BCUT2D eigenvalue weighted by atomic mass is 9.90. The third-order valence-corrected chi connectivity index (χ3v) is 7.23. The molecule has 9 nitrogen and oxygen atoms in total. The van der Waals surface area contributed by atoms with Crippen LogP contribution >= 0.6 is 11.3 Å². The van der Waals surface area contributed by atoms with Crippen LogP contribution in [0.15, 0.2) is 30.3 Å². The Bertz CT molecular complexity index is 1470. The van der Waals surface area contributed by atoms with Gasteiger partial charge in [-0.05, 0) is 31.2 Å². The zero-order chi connectivity index (χ0) is 24.2. The Hall–Kier alpha value is -3.57. The number of anilines is 3. The molecule has 180 valence electrons. The van der Waals surface area contributed by atoms with Gasteiger partial charge >= 0.3 is 0 Å². The van der Waals surface area contributed by atoms with Gasteiger partial charge in [-0.2, -0.15) is 14.4 Å². The molecular formula is C24H23FN6O3S. The second kappa shape index (κ2) is 8.28. The van der Waals surface area contributed by atoms with Gasteiger partial charge in [-0.3, -0.25) is 4.79 Å². The maximum atomic E-state index is 14.1. The van der Waals surface area contributed by atoms with Gasteiger partial charge < -0.3 is 25.4 Å². The average molecular weight is 495 g/mol. The molecule has 1 fully saturated rings. The number of amides is 1. The van der Waals surface area contributed by atoms with E-state index in [2.05, 4.69) is 30.9 Å². The van der Waals surface area contributed by atoms with Crippen molar-refractivity contribution in [1.82, 2.24) is 20.3 Å². The lowest BCUT2D eigenvalue weighted by Crippen LogP contribution is -2.44. The molecule has 0 spiro atoms. The minimum atomic E-state index is -0.699. The fourth-order valence-electron chi connectivity index (χ4n) is 4.22. The number of nitrogens with zero attached hydrogens (tertiary/aromatic N) is 3. The third kappa shape index (κ3) is 4.10. The summed E-state index contributed by atoms with van der Waals surface area (Å²) in [4.78, 5) is 26.1. The summed E-state index contributed by atoms with van der Waals surface area (Å²) in [5.41, 5.74) is 1.47. The molecule has 5 heterocycles. The van der Waals surface area contributed by atoms with Crippen LogP contribution in [-0.2, 0) is 4.74 Å². The molecule has 6 rings (SSSR count). The Morgan fingerprint density at radius 1 is 1.26 bits per heavy atom. The topological polar surface area (TPSA) is 110 Å². The van der Waals surface area contributed by atoms with E-state index in [1.165, 1.54) is 11.3 Å². The van der Waals surface area contributed by atoms with Crippen LogP contribution in [0.25, 0.3) is 21.0 Å². The first-order valence-electron chi connectivity index (χ1n) is 11.3. The highest BCUT2D eigenvalue weighted by atomic mass is 32.1. The number of carbonyl (C=O) groups excluding carboxylic acids is 1. The number of hydrogen-bond donors (Lipinski definition) is 3. The molecule has 0 aliphatic carbocycles. The van der Waals surface area contributed by atoms with E-state index in [9.17, 15) is 9.18 Å². The summed E-state index contributed by atoms with van der Waals surface area (Å²) in [7, 11) is 0. The first kappa shape index (κ1) is 21.9. The van der Waals surface area contributed by atoms with Crippen molar-refractivity contribution >= 4 is 55.7 Å². The average Bonchev–Trinajstić information content (AvgIpc) is 3.12. The largest absolute Gasteiger partial charge is 0.477 e. The van der Waals surface area contributed by atoms with E-state index in [1.807, 2.05) is 32.0 Å². The van der Waals surface area contributed by atoms with Crippen LogP contribution in [0.3, 0.4) is 0 Å². The number of pyridine rings is 1.